The second-order valence-electron chi connectivity index (χ2n) is 4.55. The minimum Gasteiger partial charge on any atom is -0.493 e. The van der Waals surface area contributed by atoms with Crippen molar-refractivity contribution in [3.63, 3.8) is 0 Å². The molecule has 0 radical (unpaired) electrons. The summed E-state index contributed by atoms with van der Waals surface area (Å²) in [6.07, 6.45) is 3.64. The zero-order chi connectivity index (χ0) is 17.2. The van der Waals surface area contributed by atoms with Crippen molar-refractivity contribution < 1.29 is 29.0 Å². The average molecular weight is 318 g/mol. The Bertz CT molecular complexity index is 630. The lowest BCUT2D eigenvalue weighted by atomic mass is 10.1. The SMILES string of the molecule is C=CC(=O)CC(=O)C=Cc1ccc(OCCC(=O)O)c(OC)c1. The molecule has 1 rings (SSSR count). The van der Waals surface area contributed by atoms with E-state index in [1.807, 2.05) is 0 Å². The Kier molecular flexibility index (Phi) is 7.26. The van der Waals surface area contributed by atoms with Crippen LogP contribution in [0.1, 0.15) is 18.4 Å². The highest BCUT2D eigenvalue weighted by Crippen LogP contribution is 2.28. The topological polar surface area (TPSA) is 89.9 Å². The molecule has 23 heavy (non-hydrogen) atoms. The van der Waals surface area contributed by atoms with Crippen LogP contribution >= 0.6 is 0 Å². The van der Waals surface area contributed by atoms with Crippen LogP contribution in [0.25, 0.3) is 6.08 Å². The summed E-state index contributed by atoms with van der Waals surface area (Å²) in [7, 11) is 1.46. The molecule has 1 N–H and O–H groups in total. The van der Waals surface area contributed by atoms with Crippen molar-refractivity contribution in [1.29, 1.82) is 0 Å². The maximum Gasteiger partial charge on any atom is 0.306 e. The molecule has 0 spiro atoms. The van der Waals surface area contributed by atoms with E-state index in [0.717, 1.165) is 6.08 Å². The highest BCUT2D eigenvalue weighted by Gasteiger charge is 2.07. The molecule has 0 heterocycles. The van der Waals surface area contributed by atoms with Crippen molar-refractivity contribution in [3.05, 3.63) is 42.5 Å². The smallest absolute Gasteiger partial charge is 0.306 e. The van der Waals surface area contributed by atoms with E-state index in [9.17, 15) is 14.4 Å². The van der Waals surface area contributed by atoms with Gasteiger partial charge in [-0.25, -0.2) is 0 Å². The van der Waals surface area contributed by atoms with Crippen molar-refractivity contribution in [1.82, 2.24) is 0 Å². The number of carbonyl (C=O) groups excluding carboxylic acids is 2. The van der Waals surface area contributed by atoms with E-state index < -0.39 is 5.97 Å². The maximum atomic E-state index is 11.5. The van der Waals surface area contributed by atoms with Crippen LogP contribution in [0, 0.1) is 0 Å². The summed E-state index contributed by atoms with van der Waals surface area (Å²) in [5, 5.41) is 8.58. The number of hydrogen-bond acceptors (Lipinski definition) is 5. The number of aliphatic carboxylic acids is 1. The molecule has 1 aromatic carbocycles. The van der Waals surface area contributed by atoms with Gasteiger partial charge < -0.3 is 14.6 Å². The summed E-state index contributed by atoms with van der Waals surface area (Å²) in [5.41, 5.74) is 0.687. The van der Waals surface area contributed by atoms with Gasteiger partial charge in [0.05, 0.1) is 26.6 Å². The van der Waals surface area contributed by atoms with E-state index in [0.29, 0.717) is 17.1 Å². The Hall–Kier alpha value is -2.89. The molecule has 0 amide bonds. The lowest BCUT2D eigenvalue weighted by molar-refractivity contribution is -0.137. The fourth-order valence-corrected chi connectivity index (χ4v) is 1.65. The summed E-state index contributed by atoms with van der Waals surface area (Å²) in [6, 6.07) is 4.96. The molecule has 0 fully saturated rings. The average Bonchev–Trinajstić information content (AvgIpc) is 2.53. The van der Waals surface area contributed by atoms with Crippen LogP contribution in [0.15, 0.2) is 36.9 Å². The number of carboxylic acid groups (broad SMARTS) is 1. The normalized spacial score (nSPS) is 10.3. The number of ether oxygens (including phenoxy) is 2. The van der Waals surface area contributed by atoms with Crippen LogP contribution in [0.5, 0.6) is 11.5 Å². The van der Waals surface area contributed by atoms with Crippen LogP contribution in [0.3, 0.4) is 0 Å². The zero-order valence-corrected chi connectivity index (χ0v) is 12.8. The number of carbonyl (C=O) groups is 3. The summed E-state index contributed by atoms with van der Waals surface area (Å²) >= 11 is 0. The maximum absolute atomic E-state index is 11.5. The van der Waals surface area contributed by atoms with Crippen molar-refractivity contribution in [2.45, 2.75) is 12.8 Å². The molecule has 6 nitrogen and oxygen atoms in total. The molecule has 0 aromatic heterocycles. The van der Waals surface area contributed by atoms with Gasteiger partial charge in [-0.1, -0.05) is 18.7 Å². The molecule has 6 heteroatoms. The van der Waals surface area contributed by atoms with Crippen LogP contribution in [-0.2, 0) is 14.4 Å². The van der Waals surface area contributed by atoms with Gasteiger partial charge >= 0.3 is 5.97 Å². The van der Waals surface area contributed by atoms with Crippen molar-refractivity contribution >= 4 is 23.6 Å². The van der Waals surface area contributed by atoms with Crippen LogP contribution in [-0.4, -0.2) is 36.4 Å². The van der Waals surface area contributed by atoms with Crippen LogP contribution < -0.4 is 9.47 Å². The molecule has 0 bridgehead atoms. The second kappa shape index (κ2) is 9.19. The molecule has 0 atom stereocenters. The standard InChI is InChI=1S/C17H18O6/c1-3-13(18)11-14(19)6-4-12-5-7-15(16(10-12)22-2)23-9-8-17(20)21/h3-7,10H,1,8-9,11H2,2H3,(H,20,21). The first-order chi connectivity index (χ1) is 11.0. The van der Waals surface area contributed by atoms with E-state index >= 15 is 0 Å². The van der Waals surface area contributed by atoms with Gasteiger partial charge in [0.15, 0.2) is 23.1 Å². The van der Waals surface area contributed by atoms with E-state index in [4.69, 9.17) is 14.6 Å². The second-order valence-corrected chi connectivity index (χ2v) is 4.55. The highest BCUT2D eigenvalue weighted by atomic mass is 16.5. The zero-order valence-electron chi connectivity index (χ0n) is 12.8. The van der Waals surface area contributed by atoms with E-state index in [1.54, 1.807) is 24.3 Å². The molecule has 1 aromatic rings. The van der Waals surface area contributed by atoms with Crippen LogP contribution in [0.2, 0.25) is 0 Å². The summed E-state index contributed by atoms with van der Waals surface area (Å²) in [6.45, 7) is 3.34. The number of rotatable bonds is 10. The Balaban J connectivity index is 2.74. The number of benzene rings is 1. The summed E-state index contributed by atoms with van der Waals surface area (Å²) in [4.78, 5) is 33.1. The van der Waals surface area contributed by atoms with Gasteiger partial charge in [-0.15, -0.1) is 0 Å². The Labute approximate surface area is 134 Å². The third-order valence-electron chi connectivity index (χ3n) is 2.80. The van der Waals surface area contributed by atoms with Gasteiger partial charge in [0, 0.05) is 0 Å². The first-order valence-corrected chi connectivity index (χ1v) is 6.85. The molecule has 122 valence electrons. The van der Waals surface area contributed by atoms with E-state index in [-0.39, 0.29) is 31.0 Å². The molecule has 0 saturated heterocycles. The Morgan fingerprint density at radius 2 is 1.96 bits per heavy atom. The molecular formula is C17H18O6. The number of carboxylic acids is 1. The molecular weight excluding hydrogens is 300 g/mol. The van der Waals surface area contributed by atoms with E-state index in [1.165, 1.54) is 13.2 Å². The molecule has 0 unspecified atom stereocenters. The third kappa shape index (κ3) is 6.60. The Morgan fingerprint density at radius 3 is 2.57 bits per heavy atom. The van der Waals surface area contributed by atoms with Gasteiger partial charge in [-0.3, -0.25) is 14.4 Å². The number of allylic oxidation sites excluding steroid dienone is 2. The minimum absolute atomic E-state index is 0.0308. The quantitative estimate of drug-likeness (QED) is 0.526. The number of methoxy groups -OCH3 is 1. The van der Waals surface area contributed by atoms with Crippen molar-refractivity contribution in [2.24, 2.45) is 0 Å². The first-order valence-electron chi connectivity index (χ1n) is 6.85. The monoisotopic (exact) mass is 318 g/mol. The van der Waals surface area contributed by atoms with Crippen molar-refractivity contribution in [2.75, 3.05) is 13.7 Å². The number of ketones is 2. The lowest BCUT2D eigenvalue weighted by Gasteiger charge is -2.10. The molecule has 0 aliphatic rings. The molecule has 0 saturated carbocycles. The predicted molar refractivity (Wildman–Crippen MR) is 84.6 cm³/mol. The minimum atomic E-state index is -0.948. The van der Waals surface area contributed by atoms with Gasteiger partial charge in [-0.2, -0.15) is 0 Å². The molecule has 0 aliphatic heterocycles. The lowest BCUT2D eigenvalue weighted by Crippen LogP contribution is -2.05. The predicted octanol–water partition coefficient (Wildman–Crippen LogP) is 2.28. The van der Waals surface area contributed by atoms with Crippen molar-refractivity contribution in [3.8, 4) is 11.5 Å². The fraction of sp³-hybridized carbons (Fsp3) is 0.235. The van der Waals surface area contributed by atoms with Gasteiger partial charge in [0.25, 0.3) is 0 Å². The largest absolute Gasteiger partial charge is 0.493 e. The Morgan fingerprint density at radius 1 is 1.22 bits per heavy atom. The molecule has 0 aliphatic carbocycles. The highest BCUT2D eigenvalue weighted by molar-refractivity contribution is 6.09. The van der Waals surface area contributed by atoms with Crippen LogP contribution in [0.4, 0.5) is 0 Å². The number of hydrogen-bond donors (Lipinski definition) is 1. The first kappa shape index (κ1) is 18.2. The van der Waals surface area contributed by atoms with Gasteiger partial charge in [-0.05, 0) is 29.8 Å². The van der Waals surface area contributed by atoms with Gasteiger partial charge in [0.2, 0.25) is 0 Å². The van der Waals surface area contributed by atoms with Gasteiger partial charge in [0.1, 0.15) is 0 Å². The summed E-state index contributed by atoms with van der Waals surface area (Å²) < 4.78 is 10.5. The third-order valence-corrected chi connectivity index (χ3v) is 2.80. The summed E-state index contributed by atoms with van der Waals surface area (Å²) in [5.74, 6) is -0.766. The fourth-order valence-electron chi connectivity index (χ4n) is 1.65. The van der Waals surface area contributed by atoms with E-state index in [2.05, 4.69) is 6.58 Å².